The molecule has 0 bridgehead atoms. The largest absolute Gasteiger partial charge is 0.496 e. The molecule has 0 atom stereocenters. The first kappa shape index (κ1) is 19.4. The number of hydrogen-bond acceptors (Lipinski definition) is 6. The molecule has 1 N–H and O–H groups in total. The topological polar surface area (TPSA) is 73.7 Å². The number of aromatic nitrogens is 3. The summed E-state index contributed by atoms with van der Waals surface area (Å²) in [6.45, 7) is 0. The predicted octanol–water partition coefficient (Wildman–Crippen LogP) is 4.18. The Kier molecular flexibility index (Phi) is 6.23. The van der Waals surface area contributed by atoms with Crippen LogP contribution < -0.4 is 14.2 Å². The van der Waals surface area contributed by atoms with Gasteiger partial charge in [0.1, 0.15) is 5.75 Å². The summed E-state index contributed by atoms with van der Waals surface area (Å²) in [5.41, 5.74) is 1.74. The summed E-state index contributed by atoms with van der Waals surface area (Å²) in [6.07, 6.45) is 5.36. The van der Waals surface area contributed by atoms with E-state index in [4.69, 9.17) is 26.4 Å². The van der Waals surface area contributed by atoms with Gasteiger partial charge in [0.2, 0.25) is 4.77 Å². The van der Waals surface area contributed by atoms with Crippen molar-refractivity contribution in [1.29, 1.82) is 0 Å². The lowest BCUT2D eigenvalue weighted by molar-refractivity contribution is 0.355. The van der Waals surface area contributed by atoms with E-state index in [-0.39, 0.29) is 0 Å². The normalized spacial score (nSPS) is 11.2. The minimum absolute atomic E-state index is 0.381. The number of ether oxygens (including phenoxy) is 3. The van der Waals surface area contributed by atoms with Crippen LogP contribution in [0.5, 0.6) is 17.2 Å². The molecule has 0 amide bonds. The molecule has 0 spiro atoms. The zero-order valence-electron chi connectivity index (χ0n) is 15.7. The zero-order chi connectivity index (χ0) is 19.9. The molecule has 1 heterocycles. The Labute approximate surface area is 167 Å². The first-order valence-corrected chi connectivity index (χ1v) is 8.82. The summed E-state index contributed by atoms with van der Waals surface area (Å²) in [5, 5.41) is 11.4. The number of para-hydroxylation sites is 1. The number of nitrogens with zero attached hydrogens (tertiary/aromatic N) is 3. The van der Waals surface area contributed by atoms with Crippen LogP contribution in [0.2, 0.25) is 0 Å². The highest BCUT2D eigenvalue weighted by atomic mass is 32.1. The van der Waals surface area contributed by atoms with Crippen LogP contribution in [0.25, 0.3) is 17.5 Å². The summed E-state index contributed by atoms with van der Waals surface area (Å²) in [5.74, 6) is 2.58. The minimum atomic E-state index is 0.381. The van der Waals surface area contributed by atoms with Gasteiger partial charge < -0.3 is 14.2 Å². The molecule has 144 valence electrons. The molecular weight excluding hydrogens is 376 g/mol. The Morgan fingerprint density at radius 2 is 1.75 bits per heavy atom. The summed E-state index contributed by atoms with van der Waals surface area (Å²) in [6, 6.07) is 13.2. The van der Waals surface area contributed by atoms with Crippen molar-refractivity contribution in [2.75, 3.05) is 21.3 Å². The third-order valence-corrected chi connectivity index (χ3v) is 4.24. The van der Waals surface area contributed by atoms with Crippen LogP contribution in [0, 0.1) is 4.77 Å². The molecule has 0 aliphatic carbocycles. The quantitative estimate of drug-likeness (QED) is 0.479. The molecule has 1 aromatic heterocycles. The maximum Gasteiger partial charge on any atom is 0.216 e. The molecule has 0 radical (unpaired) electrons. The second-order valence-electron chi connectivity index (χ2n) is 5.60. The van der Waals surface area contributed by atoms with Crippen molar-refractivity contribution in [2.45, 2.75) is 0 Å². The van der Waals surface area contributed by atoms with Crippen molar-refractivity contribution in [2.24, 2.45) is 5.10 Å². The molecule has 8 heteroatoms. The molecule has 0 unspecified atom stereocenters. The van der Waals surface area contributed by atoms with Gasteiger partial charge >= 0.3 is 0 Å². The first-order chi connectivity index (χ1) is 13.7. The lowest BCUT2D eigenvalue weighted by Gasteiger charge is -2.08. The van der Waals surface area contributed by atoms with E-state index < -0.39 is 0 Å². The number of benzene rings is 2. The Morgan fingerprint density at radius 3 is 2.50 bits per heavy atom. The highest BCUT2D eigenvalue weighted by molar-refractivity contribution is 7.71. The SMILES string of the molecule is COc1ccccc1C=CC=Nn1c(-c2ccc(OC)c(OC)c2)n[nH]c1=S. The lowest BCUT2D eigenvalue weighted by Crippen LogP contribution is -1.96. The van der Waals surface area contributed by atoms with Crippen LogP contribution in [0.4, 0.5) is 0 Å². The third-order valence-electron chi connectivity index (χ3n) is 3.98. The van der Waals surface area contributed by atoms with Gasteiger partial charge in [-0.1, -0.05) is 18.2 Å². The fraction of sp³-hybridized carbons (Fsp3) is 0.150. The van der Waals surface area contributed by atoms with Gasteiger partial charge in [-0.3, -0.25) is 0 Å². The van der Waals surface area contributed by atoms with Gasteiger partial charge in [-0.2, -0.15) is 14.9 Å². The van der Waals surface area contributed by atoms with Crippen molar-refractivity contribution in [1.82, 2.24) is 14.9 Å². The molecule has 3 aromatic rings. The monoisotopic (exact) mass is 396 g/mol. The molecule has 0 aliphatic heterocycles. The van der Waals surface area contributed by atoms with Crippen molar-refractivity contribution in [3.05, 3.63) is 58.9 Å². The molecule has 0 saturated carbocycles. The number of rotatable bonds is 7. The fourth-order valence-electron chi connectivity index (χ4n) is 2.62. The van der Waals surface area contributed by atoms with Crippen LogP contribution in [0.3, 0.4) is 0 Å². The standard InChI is InChI=1S/C20H20N4O3S/c1-25-16-9-5-4-7-14(16)8-6-12-21-24-19(22-23-20(24)28)15-10-11-17(26-2)18(13-15)27-3/h4-13H,1-3H3,(H,23,28). The minimum Gasteiger partial charge on any atom is -0.496 e. The van der Waals surface area contributed by atoms with E-state index in [2.05, 4.69) is 15.3 Å². The summed E-state index contributed by atoms with van der Waals surface area (Å²) >= 11 is 5.30. The fourth-order valence-corrected chi connectivity index (χ4v) is 2.80. The van der Waals surface area contributed by atoms with Gasteiger partial charge in [0.25, 0.3) is 0 Å². The summed E-state index contributed by atoms with van der Waals surface area (Å²) in [7, 11) is 4.81. The molecule has 0 saturated heterocycles. The molecule has 0 aliphatic rings. The van der Waals surface area contributed by atoms with Gasteiger partial charge in [-0.15, -0.1) is 0 Å². The van der Waals surface area contributed by atoms with E-state index in [1.165, 1.54) is 0 Å². The number of allylic oxidation sites excluding steroid dienone is 1. The highest BCUT2D eigenvalue weighted by Crippen LogP contribution is 2.31. The van der Waals surface area contributed by atoms with E-state index >= 15 is 0 Å². The van der Waals surface area contributed by atoms with Crippen molar-refractivity contribution in [3.8, 4) is 28.6 Å². The van der Waals surface area contributed by atoms with Gasteiger partial charge in [0.15, 0.2) is 17.3 Å². The number of aromatic amines is 1. The average molecular weight is 396 g/mol. The van der Waals surface area contributed by atoms with Crippen molar-refractivity contribution in [3.63, 3.8) is 0 Å². The third kappa shape index (κ3) is 4.12. The molecule has 0 fully saturated rings. The van der Waals surface area contributed by atoms with Crippen LogP contribution in [-0.2, 0) is 0 Å². The van der Waals surface area contributed by atoms with Gasteiger partial charge in [0.05, 0.1) is 21.3 Å². The number of methoxy groups -OCH3 is 3. The lowest BCUT2D eigenvalue weighted by atomic mass is 10.2. The number of H-pyrrole nitrogens is 1. The van der Waals surface area contributed by atoms with Gasteiger partial charge in [-0.05, 0) is 48.6 Å². The van der Waals surface area contributed by atoms with Crippen LogP contribution in [-0.4, -0.2) is 42.4 Å². The first-order valence-electron chi connectivity index (χ1n) is 8.41. The molecule has 7 nitrogen and oxygen atoms in total. The Morgan fingerprint density at radius 1 is 1.00 bits per heavy atom. The average Bonchev–Trinajstić information content (AvgIpc) is 3.11. The second-order valence-corrected chi connectivity index (χ2v) is 5.99. The molecular formula is C20H20N4O3S. The Bertz CT molecular complexity index is 1070. The van der Waals surface area contributed by atoms with E-state index in [0.717, 1.165) is 16.9 Å². The summed E-state index contributed by atoms with van der Waals surface area (Å²) < 4.78 is 17.9. The number of nitrogens with one attached hydrogen (secondary N) is 1. The predicted molar refractivity (Wildman–Crippen MR) is 112 cm³/mol. The Hall–Kier alpha value is -3.39. The molecule has 3 rings (SSSR count). The van der Waals surface area contributed by atoms with Crippen molar-refractivity contribution >= 4 is 24.5 Å². The maximum absolute atomic E-state index is 5.35. The van der Waals surface area contributed by atoms with E-state index in [0.29, 0.717) is 22.1 Å². The van der Waals surface area contributed by atoms with E-state index in [9.17, 15) is 0 Å². The second kappa shape index (κ2) is 9.01. The van der Waals surface area contributed by atoms with E-state index in [1.807, 2.05) is 54.6 Å². The molecule has 28 heavy (non-hydrogen) atoms. The number of hydrogen-bond donors (Lipinski definition) is 1. The van der Waals surface area contributed by atoms with Gasteiger partial charge in [-0.25, -0.2) is 5.10 Å². The van der Waals surface area contributed by atoms with E-state index in [1.54, 1.807) is 32.2 Å². The Balaban J connectivity index is 1.88. The van der Waals surface area contributed by atoms with Crippen LogP contribution in [0.15, 0.2) is 53.6 Å². The zero-order valence-corrected chi connectivity index (χ0v) is 16.6. The maximum atomic E-state index is 5.35. The highest BCUT2D eigenvalue weighted by Gasteiger charge is 2.12. The van der Waals surface area contributed by atoms with Gasteiger partial charge in [0, 0.05) is 17.3 Å². The smallest absolute Gasteiger partial charge is 0.216 e. The summed E-state index contributed by atoms with van der Waals surface area (Å²) in [4.78, 5) is 0. The van der Waals surface area contributed by atoms with Crippen LogP contribution >= 0.6 is 12.2 Å². The van der Waals surface area contributed by atoms with Crippen molar-refractivity contribution < 1.29 is 14.2 Å². The molecule has 2 aromatic carbocycles. The van der Waals surface area contributed by atoms with Crippen LogP contribution in [0.1, 0.15) is 5.56 Å².